The van der Waals surface area contributed by atoms with Crippen molar-refractivity contribution in [2.75, 3.05) is 0 Å². The lowest BCUT2D eigenvalue weighted by Gasteiger charge is -2.10. The summed E-state index contributed by atoms with van der Waals surface area (Å²) in [5.41, 5.74) is 15.4. The third kappa shape index (κ3) is 4.79. The number of rotatable bonds is 4. The second kappa shape index (κ2) is 12.2. The molecule has 8 heterocycles. The van der Waals surface area contributed by atoms with Gasteiger partial charge in [0, 0.05) is 41.3 Å². The summed E-state index contributed by atoms with van der Waals surface area (Å²) in [6, 6.07) is 46.1. The second-order valence-electron chi connectivity index (χ2n) is 15.6. The van der Waals surface area contributed by atoms with E-state index in [9.17, 15) is 0 Å². The SMILES string of the molecule is Cc1ccc(-c2cc3sc4c(sc5c6cc7c(cc6n(-c6ccc(C)cc6)c54)c4sc5c6sc(-c8ccc(C)cc8)cc6sc5c4n7-c4ccc(C)cc4)c3s2)cc1. The molecule has 0 atom stereocenters. The molecule has 0 bridgehead atoms. The maximum atomic E-state index is 2.57. The van der Waals surface area contributed by atoms with Gasteiger partial charge in [-0.1, -0.05) is 95.1 Å². The summed E-state index contributed by atoms with van der Waals surface area (Å²) >= 11 is 11.8. The number of benzene rings is 5. The number of fused-ring (bicyclic) bond motifs is 14. The largest absolute Gasteiger partial charge is 0.307 e. The Bertz CT molecular complexity index is 3540. The molecule has 0 spiro atoms. The van der Waals surface area contributed by atoms with E-state index in [4.69, 9.17) is 0 Å². The summed E-state index contributed by atoms with van der Waals surface area (Å²) in [7, 11) is 0. The number of nitrogens with zero attached hydrogens (tertiary/aromatic N) is 2. The molecule has 8 aromatic heterocycles. The summed E-state index contributed by atoms with van der Waals surface area (Å²) in [5, 5.41) is 2.65. The fraction of sp³-hybridized carbons (Fsp3) is 0.0800. The summed E-state index contributed by atoms with van der Waals surface area (Å²) in [6.07, 6.45) is 0. The molecular formula is C50H32N2S6. The van der Waals surface area contributed by atoms with E-state index in [1.165, 1.54) is 134 Å². The second-order valence-corrected chi connectivity index (χ2v) is 21.9. The molecule has 5 aromatic carbocycles. The molecule has 2 nitrogen and oxygen atoms in total. The van der Waals surface area contributed by atoms with Crippen LogP contribution in [0.3, 0.4) is 0 Å². The Morgan fingerprint density at radius 2 is 0.690 bits per heavy atom. The quantitative estimate of drug-likeness (QED) is 0.167. The highest BCUT2D eigenvalue weighted by Gasteiger charge is 2.27. The molecule has 0 saturated heterocycles. The van der Waals surface area contributed by atoms with Crippen LogP contribution in [0.1, 0.15) is 22.3 Å². The predicted molar refractivity (Wildman–Crippen MR) is 262 cm³/mol. The van der Waals surface area contributed by atoms with Crippen molar-refractivity contribution in [3.63, 3.8) is 0 Å². The van der Waals surface area contributed by atoms with Crippen molar-refractivity contribution >= 4 is 148 Å². The summed E-state index contributed by atoms with van der Waals surface area (Å²) in [6.45, 7) is 8.68. The normalized spacial score (nSPS) is 12.5. The standard InChI is InChI=1S/C50H32N2S6/c1-25-5-13-29(14-6-25)37-23-39-45(53-37)49-47(55-39)41-43(57-49)33-21-36-34(22-35(33)51(41)31-17-9-27(3)10-18-31)44-42(52(36)32-19-11-28(4)12-20-32)48-50(58-44)46-40(56-48)24-38(54-46)30-15-7-26(2)8-16-30/h5-24H,1-4H3. The van der Waals surface area contributed by atoms with Gasteiger partial charge >= 0.3 is 0 Å². The van der Waals surface area contributed by atoms with Crippen LogP contribution in [-0.2, 0) is 0 Å². The Kier molecular flexibility index (Phi) is 7.15. The molecule has 0 aliphatic heterocycles. The van der Waals surface area contributed by atoms with Crippen LogP contribution >= 0.6 is 68.0 Å². The lowest BCUT2D eigenvalue weighted by atomic mass is 10.1. The molecule has 0 fully saturated rings. The van der Waals surface area contributed by atoms with Crippen molar-refractivity contribution in [1.29, 1.82) is 0 Å². The number of hydrogen-bond donors (Lipinski definition) is 0. The lowest BCUT2D eigenvalue weighted by Crippen LogP contribution is -1.95. The Labute approximate surface area is 357 Å². The first-order chi connectivity index (χ1) is 28.3. The van der Waals surface area contributed by atoms with Crippen LogP contribution in [0, 0.1) is 27.7 Å². The van der Waals surface area contributed by atoms with Crippen molar-refractivity contribution in [1.82, 2.24) is 9.13 Å². The smallest absolute Gasteiger partial charge is 0.0829 e. The minimum absolute atomic E-state index is 1.21. The molecule has 0 aliphatic carbocycles. The Morgan fingerprint density at radius 1 is 0.328 bits per heavy atom. The summed E-state index contributed by atoms with van der Waals surface area (Å²) < 4.78 is 19.1. The molecule has 58 heavy (non-hydrogen) atoms. The molecule has 0 amide bonds. The molecule has 278 valence electrons. The van der Waals surface area contributed by atoms with Crippen LogP contribution in [0.5, 0.6) is 0 Å². The number of hydrogen-bond acceptors (Lipinski definition) is 6. The van der Waals surface area contributed by atoms with E-state index < -0.39 is 0 Å². The van der Waals surface area contributed by atoms with E-state index in [-0.39, 0.29) is 0 Å². The molecule has 0 aliphatic rings. The summed E-state index contributed by atoms with van der Waals surface area (Å²) in [5.74, 6) is 0. The van der Waals surface area contributed by atoms with Gasteiger partial charge in [0.25, 0.3) is 0 Å². The van der Waals surface area contributed by atoms with Gasteiger partial charge in [0.15, 0.2) is 0 Å². The number of aryl methyl sites for hydroxylation is 4. The van der Waals surface area contributed by atoms with Crippen LogP contribution in [-0.4, -0.2) is 9.13 Å². The first-order valence-electron chi connectivity index (χ1n) is 19.4. The lowest BCUT2D eigenvalue weighted by molar-refractivity contribution is 1.18. The fourth-order valence-electron chi connectivity index (χ4n) is 8.71. The third-order valence-corrected chi connectivity index (χ3v) is 19.6. The van der Waals surface area contributed by atoms with Gasteiger partial charge in [0.05, 0.1) is 59.7 Å². The van der Waals surface area contributed by atoms with Gasteiger partial charge in [0.2, 0.25) is 0 Å². The monoisotopic (exact) mass is 852 g/mol. The van der Waals surface area contributed by atoms with Crippen LogP contribution < -0.4 is 0 Å². The van der Waals surface area contributed by atoms with E-state index >= 15 is 0 Å². The van der Waals surface area contributed by atoms with Crippen molar-refractivity contribution in [3.05, 3.63) is 144 Å². The van der Waals surface area contributed by atoms with Gasteiger partial charge in [-0.2, -0.15) is 0 Å². The average Bonchev–Trinajstić information content (AvgIpc) is 4.09. The zero-order valence-corrected chi connectivity index (χ0v) is 36.8. The van der Waals surface area contributed by atoms with Crippen molar-refractivity contribution in [3.8, 4) is 32.3 Å². The highest BCUT2D eigenvalue weighted by Crippen LogP contribution is 2.55. The van der Waals surface area contributed by atoms with E-state index in [1.807, 2.05) is 68.0 Å². The van der Waals surface area contributed by atoms with Gasteiger partial charge in [-0.15, -0.1) is 68.0 Å². The van der Waals surface area contributed by atoms with Gasteiger partial charge < -0.3 is 9.13 Å². The molecular weight excluding hydrogens is 821 g/mol. The Morgan fingerprint density at radius 3 is 1.07 bits per heavy atom. The molecule has 13 aromatic rings. The maximum absolute atomic E-state index is 2.57. The molecule has 0 radical (unpaired) electrons. The summed E-state index contributed by atoms with van der Waals surface area (Å²) in [4.78, 5) is 2.69. The number of aromatic nitrogens is 2. The zero-order chi connectivity index (χ0) is 38.6. The van der Waals surface area contributed by atoms with Gasteiger partial charge in [-0.25, -0.2) is 0 Å². The Balaban J connectivity index is 1.11. The van der Waals surface area contributed by atoms with E-state index in [2.05, 4.69) is 158 Å². The minimum Gasteiger partial charge on any atom is -0.307 e. The molecule has 0 saturated carbocycles. The molecule has 8 heteroatoms. The zero-order valence-electron chi connectivity index (χ0n) is 31.9. The van der Waals surface area contributed by atoms with Crippen molar-refractivity contribution in [2.45, 2.75) is 27.7 Å². The molecule has 13 rings (SSSR count). The van der Waals surface area contributed by atoms with Crippen LogP contribution in [0.15, 0.2) is 121 Å². The van der Waals surface area contributed by atoms with Crippen molar-refractivity contribution < 1.29 is 0 Å². The first kappa shape index (κ1) is 33.9. The van der Waals surface area contributed by atoms with E-state index in [0.29, 0.717) is 0 Å². The highest BCUT2D eigenvalue weighted by atomic mass is 32.1. The topological polar surface area (TPSA) is 9.86 Å². The Hall–Kier alpha value is -5.06. The average molecular weight is 853 g/mol. The van der Waals surface area contributed by atoms with Crippen LogP contribution in [0.4, 0.5) is 0 Å². The van der Waals surface area contributed by atoms with E-state index in [1.54, 1.807) is 0 Å². The minimum atomic E-state index is 1.21. The third-order valence-electron chi connectivity index (χ3n) is 11.7. The van der Waals surface area contributed by atoms with E-state index in [0.717, 1.165) is 0 Å². The fourth-order valence-corrected chi connectivity index (χ4v) is 17.2. The molecule has 0 N–H and O–H groups in total. The molecule has 0 unspecified atom stereocenters. The highest BCUT2D eigenvalue weighted by molar-refractivity contribution is 7.43. The predicted octanol–water partition coefficient (Wildman–Crippen LogP) is 17.4. The van der Waals surface area contributed by atoms with Gasteiger partial charge in [-0.3, -0.25) is 0 Å². The van der Waals surface area contributed by atoms with Crippen molar-refractivity contribution in [2.24, 2.45) is 0 Å². The number of thiophene rings is 6. The van der Waals surface area contributed by atoms with Gasteiger partial charge in [-0.05, 0) is 87.4 Å². The maximum Gasteiger partial charge on any atom is 0.0829 e. The van der Waals surface area contributed by atoms with Crippen LogP contribution in [0.25, 0.3) is 112 Å². The van der Waals surface area contributed by atoms with Gasteiger partial charge in [0.1, 0.15) is 0 Å². The van der Waals surface area contributed by atoms with Crippen LogP contribution in [0.2, 0.25) is 0 Å². The first-order valence-corrected chi connectivity index (χ1v) is 24.3.